The average Bonchev–Trinajstić information content (AvgIpc) is 3.19. The van der Waals surface area contributed by atoms with E-state index in [1.165, 1.54) is 24.7 Å². The third-order valence-electron chi connectivity index (χ3n) is 4.74. The number of hydrogen-bond acceptors (Lipinski definition) is 6. The Morgan fingerprint density at radius 2 is 2.00 bits per heavy atom. The molecule has 0 aliphatic carbocycles. The zero-order valence-corrected chi connectivity index (χ0v) is 17.5. The van der Waals surface area contributed by atoms with E-state index in [-0.39, 0.29) is 39.4 Å². The van der Waals surface area contributed by atoms with Gasteiger partial charge in [-0.25, -0.2) is 14.2 Å². The summed E-state index contributed by atoms with van der Waals surface area (Å²) in [4.78, 5) is 47.4. The number of halogens is 4. The van der Waals surface area contributed by atoms with Crippen LogP contribution in [0.4, 0.5) is 22.7 Å². The minimum atomic E-state index is -4.86. The number of thiazole rings is 1. The Hall–Kier alpha value is -3.87. The summed E-state index contributed by atoms with van der Waals surface area (Å²) in [6.45, 7) is 0. The fourth-order valence-electron chi connectivity index (χ4n) is 3.12. The molecule has 4 rings (SSSR count). The number of nitrogens with one attached hydrogen (secondary N) is 2. The van der Waals surface area contributed by atoms with Crippen LogP contribution in [0.25, 0.3) is 22.2 Å². The molecule has 1 amide bonds. The van der Waals surface area contributed by atoms with Gasteiger partial charge < -0.3 is 10.3 Å². The van der Waals surface area contributed by atoms with Gasteiger partial charge in [-0.15, -0.1) is 11.3 Å². The van der Waals surface area contributed by atoms with Crippen LogP contribution >= 0.6 is 11.3 Å². The Labute approximate surface area is 185 Å². The van der Waals surface area contributed by atoms with Crippen LogP contribution < -0.4 is 16.6 Å². The molecule has 0 unspecified atom stereocenters. The molecule has 2 N–H and O–H groups in total. The Balaban J connectivity index is 1.57. The van der Waals surface area contributed by atoms with Gasteiger partial charge in [0.1, 0.15) is 5.82 Å². The van der Waals surface area contributed by atoms with Crippen LogP contribution in [-0.4, -0.2) is 25.4 Å². The van der Waals surface area contributed by atoms with E-state index in [9.17, 15) is 31.9 Å². The maximum absolute atomic E-state index is 13.5. The van der Waals surface area contributed by atoms with Crippen molar-refractivity contribution in [3.63, 3.8) is 0 Å². The monoisotopic (exact) mass is 479 g/mol. The van der Waals surface area contributed by atoms with Crippen LogP contribution in [0.15, 0.2) is 45.4 Å². The molecular formula is C20H13F4N5O3S. The van der Waals surface area contributed by atoms with E-state index in [1.54, 1.807) is 0 Å². The largest absolute Gasteiger partial charge is 0.419 e. The molecule has 8 nitrogen and oxygen atoms in total. The number of aromatic amines is 1. The third-order valence-corrected chi connectivity index (χ3v) is 5.50. The van der Waals surface area contributed by atoms with Crippen LogP contribution in [0, 0.1) is 5.82 Å². The summed E-state index contributed by atoms with van der Waals surface area (Å²) in [5.74, 6) is -1.98. The van der Waals surface area contributed by atoms with E-state index in [1.807, 2.05) is 0 Å². The molecule has 3 heterocycles. The number of fused-ring (bicyclic) bond motifs is 1. The minimum Gasteiger partial charge on any atom is -0.307 e. The van der Waals surface area contributed by atoms with Gasteiger partial charge in [0, 0.05) is 24.2 Å². The van der Waals surface area contributed by atoms with Crippen molar-refractivity contribution in [2.24, 2.45) is 7.05 Å². The first-order valence-electron chi connectivity index (χ1n) is 9.24. The van der Waals surface area contributed by atoms with Gasteiger partial charge in [0.25, 0.3) is 5.56 Å². The van der Waals surface area contributed by atoms with E-state index in [0.717, 1.165) is 22.0 Å². The second-order valence-corrected chi connectivity index (χ2v) is 7.79. The zero-order valence-electron chi connectivity index (χ0n) is 16.7. The quantitative estimate of drug-likeness (QED) is 0.437. The first-order chi connectivity index (χ1) is 15.5. The number of aromatic nitrogens is 4. The van der Waals surface area contributed by atoms with Gasteiger partial charge >= 0.3 is 11.9 Å². The highest BCUT2D eigenvalue weighted by Crippen LogP contribution is 2.35. The Kier molecular flexibility index (Phi) is 5.57. The number of carbonyl (C=O) groups excluding carboxylic acids is 1. The molecule has 0 spiro atoms. The lowest BCUT2D eigenvalue weighted by Crippen LogP contribution is -2.33. The molecule has 4 aromatic rings. The van der Waals surface area contributed by atoms with Gasteiger partial charge in [0.05, 0.1) is 34.3 Å². The summed E-state index contributed by atoms with van der Waals surface area (Å²) in [5, 5.41) is 4.09. The van der Waals surface area contributed by atoms with Crippen molar-refractivity contribution in [3.8, 4) is 11.3 Å². The van der Waals surface area contributed by atoms with Crippen LogP contribution in [0.3, 0.4) is 0 Å². The second-order valence-electron chi connectivity index (χ2n) is 6.93. The summed E-state index contributed by atoms with van der Waals surface area (Å²) in [5.41, 5.74) is -2.13. The number of alkyl halides is 3. The highest BCUT2D eigenvalue weighted by molar-refractivity contribution is 7.14. The number of anilines is 1. The van der Waals surface area contributed by atoms with Gasteiger partial charge in [-0.2, -0.15) is 13.2 Å². The molecule has 0 bridgehead atoms. The van der Waals surface area contributed by atoms with E-state index in [2.05, 4.69) is 20.3 Å². The van der Waals surface area contributed by atoms with Crippen molar-refractivity contribution in [2.75, 3.05) is 5.32 Å². The van der Waals surface area contributed by atoms with Crippen molar-refractivity contribution in [1.29, 1.82) is 0 Å². The fraction of sp³-hybridized carbons (Fsp3) is 0.150. The highest BCUT2D eigenvalue weighted by atomic mass is 32.1. The van der Waals surface area contributed by atoms with Crippen molar-refractivity contribution >= 4 is 33.3 Å². The second kappa shape index (κ2) is 8.24. The van der Waals surface area contributed by atoms with Gasteiger partial charge in [0.15, 0.2) is 5.13 Å². The molecule has 3 aromatic heterocycles. The lowest BCUT2D eigenvalue weighted by atomic mass is 10.1. The maximum Gasteiger partial charge on any atom is 0.419 e. The van der Waals surface area contributed by atoms with Crippen molar-refractivity contribution in [2.45, 2.75) is 12.6 Å². The predicted octanol–water partition coefficient (Wildman–Crippen LogP) is 3.08. The summed E-state index contributed by atoms with van der Waals surface area (Å²) < 4.78 is 53.2. The Morgan fingerprint density at radius 1 is 1.24 bits per heavy atom. The summed E-state index contributed by atoms with van der Waals surface area (Å²) in [7, 11) is 1.29. The SMILES string of the molecule is Cn1c(=O)[nH]c2ccnc(CC(=O)Nc3nc(-c4ccc(F)c(C(F)(F)F)c4)cs3)c2c1=O. The highest BCUT2D eigenvalue weighted by Gasteiger charge is 2.34. The molecule has 0 atom stereocenters. The van der Waals surface area contributed by atoms with E-state index < -0.39 is 34.7 Å². The number of pyridine rings is 1. The number of nitrogens with zero attached hydrogens (tertiary/aromatic N) is 3. The van der Waals surface area contributed by atoms with Crippen LogP contribution in [-0.2, 0) is 24.4 Å². The molecule has 0 radical (unpaired) electrons. The lowest BCUT2D eigenvalue weighted by molar-refractivity contribution is -0.140. The predicted molar refractivity (Wildman–Crippen MR) is 112 cm³/mol. The molecule has 0 saturated carbocycles. The van der Waals surface area contributed by atoms with E-state index in [4.69, 9.17) is 0 Å². The number of carbonyl (C=O) groups is 1. The Bertz CT molecular complexity index is 1510. The lowest BCUT2D eigenvalue weighted by Gasteiger charge is -2.09. The number of benzene rings is 1. The molecule has 0 fully saturated rings. The number of hydrogen-bond donors (Lipinski definition) is 2. The molecule has 13 heteroatoms. The van der Waals surface area contributed by atoms with Crippen LogP contribution in [0.1, 0.15) is 11.3 Å². The molecule has 1 aromatic carbocycles. The van der Waals surface area contributed by atoms with Crippen molar-refractivity contribution in [3.05, 3.63) is 73.8 Å². The van der Waals surface area contributed by atoms with Crippen molar-refractivity contribution in [1.82, 2.24) is 19.5 Å². The number of rotatable bonds is 4. The first-order valence-corrected chi connectivity index (χ1v) is 10.1. The topological polar surface area (TPSA) is 110 Å². The fourth-order valence-corrected chi connectivity index (χ4v) is 3.86. The smallest absolute Gasteiger partial charge is 0.307 e. The first kappa shape index (κ1) is 22.3. The third kappa shape index (κ3) is 4.39. The van der Waals surface area contributed by atoms with E-state index >= 15 is 0 Å². The van der Waals surface area contributed by atoms with Gasteiger partial charge in [-0.3, -0.25) is 19.1 Å². The minimum absolute atomic E-state index is 0.0312. The molecule has 0 aliphatic rings. The summed E-state index contributed by atoms with van der Waals surface area (Å²) in [6.07, 6.45) is -3.84. The normalized spacial score (nSPS) is 11.7. The average molecular weight is 479 g/mol. The van der Waals surface area contributed by atoms with Crippen LogP contribution in [0.5, 0.6) is 0 Å². The van der Waals surface area contributed by atoms with E-state index in [0.29, 0.717) is 12.1 Å². The standard InChI is InChI=1S/C20H13F4N5O3S/c1-29-17(31)16-12(27-19(29)32)4-5-25-13(16)7-15(30)28-18-26-14(8-33-18)9-2-3-11(21)10(6-9)20(22,23)24/h2-6,8H,7H2,1H3,(H,27,32)(H,26,28,30). The summed E-state index contributed by atoms with van der Waals surface area (Å²) >= 11 is 0.960. The number of amides is 1. The molecular weight excluding hydrogens is 466 g/mol. The van der Waals surface area contributed by atoms with Crippen molar-refractivity contribution < 1.29 is 22.4 Å². The molecule has 33 heavy (non-hydrogen) atoms. The molecule has 0 saturated heterocycles. The van der Waals surface area contributed by atoms with Crippen LogP contribution in [0.2, 0.25) is 0 Å². The Morgan fingerprint density at radius 3 is 2.73 bits per heavy atom. The van der Waals surface area contributed by atoms with Gasteiger partial charge in [-0.1, -0.05) is 0 Å². The molecule has 170 valence electrons. The summed E-state index contributed by atoms with van der Waals surface area (Å²) in [6, 6.07) is 3.94. The molecule has 0 aliphatic heterocycles. The van der Waals surface area contributed by atoms with Gasteiger partial charge in [0.2, 0.25) is 5.91 Å². The zero-order chi connectivity index (χ0) is 23.9. The number of H-pyrrole nitrogens is 1. The maximum atomic E-state index is 13.5. The van der Waals surface area contributed by atoms with Gasteiger partial charge in [-0.05, 0) is 24.3 Å².